The predicted octanol–water partition coefficient (Wildman–Crippen LogP) is -0.385. The Labute approximate surface area is 74.0 Å². The van der Waals surface area contributed by atoms with Crippen LogP contribution in [0.4, 0.5) is 0 Å². The van der Waals surface area contributed by atoms with Crippen LogP contribution in [0.2, 0.25) is 0 Å². The molecule has 1 N–H and O–H groups in total. The molecule has 2 rings (SSSR count). The summed E-state index contributed by atoms with van der Waals surface area (Å²) in [5.41, 5.74) is 0. The van der Waals surface area contributed by atoms with Crippen molar-refractivity contribution in [3.63, 3.8) is 0 Å². The highest BCUT2D eigenvalue weighted by Crippen LogP contribution is 2.17. The third-order valence-electron chi connectivity index (χ3n) is 2.90. The van der Waals surface area contributed by atoms with Crippen molar-refractivity contribution in [1.82, 2.24) is 9.80 Å². The van der Waals surface area contributed by atoms with Crippen LogP contribution in [-0.4, -0.2) is 60.8 Å². The zero-order chi connectivity index (χ0) is 8.55. The molecule has 3 nitrogen and oxygen atoms in total. The van der Waals surface area contributed by atoms with Gasteiger partial charge in [-0.05, 0) is 19.4 Å². The number of hydrogen-bond acceptors (Lipinski definition) is 3. The van der Waals surface area contributed by atoms with Gasteiger partial charge < -0.3 is 14.9 Å². The number of aliphatic hydroxyl groups is 1. The van der Waals surface area contributed by atoms with Crippen LogP contribution in [0.5, 0.6) is 0 Å². The molecule has 2 aliphatic heterocycles. The fourth-order valence-electron chi connectivity index (χ4n) is 2.29. The Morgan fingerprint density at radius 1 is 1.33 bits per heavy atom. The smallest absolute Gasteiger partial charge is 0.0679 e. The lowest BCUT2D eigenvalue weighted by Crippen LogP contribution is -2.48. The number of likely N-dealkylation sites (tertiary alicyclic amines) is 2. The van der Waals surface area contributed by atoms with Gasteiger partial charge in [0.2, 0.25) is 0 Å². The maximum atomic E-state index is 9.30. The lowest BCUT2D eigenvalue weighted by molar-refractivity contribution is 0.0924. The van der Waals surface area contributed by atoms with Crippen LogP contribution in [0, 0.1) is 5.92 Å². The molecule has 0 bridgehead atoms. The monoisotopic (exact) mass is 170 g/mol. The first-order chi connectivity index (χ1) is 5.74. The highest BCUT2D eigenvalue weighted by atomic mass is 16.3. The van der Waals surface area contributed by atoms with E-state index in [4.69, 9.17) is 0 Å². The second kappa shape index (κ2) is 3.32. The van der Waals surface area contributed by atoms with Crippen LogP contribution in [-0.2, 0) is 0 Å². The first kappa shape index (κ1) is 8.48. The summed E-state index contributed by atoms with van der Waals surface area (Å²) in [7, 11) is 2.16. The number of hydrogen-bond donors (Lipinski definition) is 1. The summed E-state index contributed by atoms with van der Waals surface area (Å²) in [6.07, 6.45) is 0.922. The summed E-state index contributed by atoms with van der Waals surface area (Å²) in [6, 6.07) is 0. The molecule has 0 aromatic heterocycles. The van der Waals surface area contributed by atoms with Crippen molar-refractivity contribution in [2.24, 2.45) is 5.92 Å². The largest absolute Gasteiger partial charge is 0.392 e. The zero-order valence-electron chi connectivity index (χ0n) is 7.74. The summed E-state index contributed by atoms with van der Waals surface area (Å²) in [5.74, 6) is 0.861. The topological polar surface area (TPSA) is 26.7 Å². The van der Waals surface area contributed by atoms with E-state index in [2.05, 4.69) is 16.8 Å². The van der Waals surface area contributed by atoms with Gasteiger partial charge in [0.1, 0.15) is 0 Å². The highest BCUT2D eigenvalue weighted by molar-refractivity contribution is 4.83. The van der Waals surface area contributed by atoms with Gasteiger partial charge in [-0.2, -0.15) is 0 Å². The standard InChI is InChI=1S/C9H18N2O/c1-10-4-8(5-10)6-11-3-2-9(12)7-11/h8-9,12H,2-7H2,1H3/t9-/m0/s1. The molecule has 2 heterocycles. The Morgan fingerprint density at radius 3 is 2.58 bits per heavy atom. The SMILES string of the molecule is CN1CC(CN2CC[C@H](O)C2)C1. The average Bonchev–Trinajstić information content (AvgIpc) is 2.33. The Bertz CT molecular complexity index is 157. The summed E-state index contributed by atoms with van der Waals surface area (Å²) >= 11 is 0. The molecule has 0 amide bonds. The van der Waals surface area contributed by atoms with Gasteiger partial charge in [-0.3, -0.25) is 0 Å². The third kappa shape index (κ3) is 1.79. The van der Waals surface area contributed by atoms with E-state index >= 15 is 0 Å². The summed E-state index contributed by atoms with van der Waals surface area (Å²) < 4.78 is 0. The third-order valence-corrected chi connectivity index (χ3v) is 2.90. The van der Waals surface area contributed by atoms with Crippen molar-refractivity contribution >= 4 is 0 Å². The summed E-state index contributed by atoms with van der Waals surface area (Å²) in [6.45, 7) is 5.68. The highest BCUT2D eigenvalue weighted by Gasteiger charge is 2.28. The van der Waals surface area contributed by atoms with Crippen molar-refractivity contribution in [3.8, 4) is 0 Å². The Kier molecular flexibility index (Phi) is 2.35. The average molecular weight is 170 g/mol. The van der Waals surface area contributed by atoms with Crippen LogP contribution >= 0.6 is 0 Å². The molecule has 1 atom stereocenters. The lowest BCUT2D eigenvalue weighted by Gasteiger charge is -2.38. The second-order valence-corrected chi connectivity index (χ2v) is 4.29. The zero-order valence-corrected chi connectivity index (χ0v) is 7.74. The number of rotatable bonds is 2. The number of aliphatic hydroxyl groups excluding tert-OH is 1. The molecule has 0 saturated carbocycles. The van der Waals surface area contributed by atoms with Crippen LogP contribution < -0.4 is 0 Å². The van der Waals surface area contributed by atoms with Gasteiger partial charge in [-0.1, -0.05) is 0 Å². The van der Waals surface area contributed by atoms with Gasteiger partial charge in [0.15, 0.2) is 0 Å². The maximum Gasteiger partial charge on any atom is 0.0679 e. The van der Waals surface area contributed by atoms with E-state index < -0.39 is 0 Å². The van der Waals surface area contributed by atoms with E-state index in [1.165, 1.54) is 19.6 Å². The molecule has 0 unspecified atom stereocenters. The van der Waals surface area contributed by atoms with Crippen LogP contribution in [0.3, 0.4) is 0 Å². The van der Waals surface area contributed by atoms with Crippen LogP contribution in [0.25, 0.3) is 0 Å². The molecule has 70 valence electrons. The van der Waals surface area contributed by atoms with E-state index in [1.807, 2.05) is 0 Å². The molecular formula is C9H18N2O. The quantitative estimate of drug-likeness (QED) is 0.611. The van der Waals surface area contributed by atoms with Crippen molar-refractivity contribution in [2.75, 3.05) is 39.8 Å². The molecule has 0 aromatic carbocycles. The fraction of sp³-hybridized carbons (Fsp3) is 1.00. The van der Waals surface area contributed by atoms with E-state index in [0.29, 0.717) is 0 Å². The van der Waals surface area contributed by atoms with Crippen molar-refractivity contribution < 1.29 is 5.11 Å². The van der Waals surface area contributed by atoms with Gasteiger partial charge in [0, 0.05) is 32.7 Å². The molecule has 2 aliphatic rings. The fourth-order valence-corrected chi connectivity index (χ4v) is 2.29. The van der Waals surface area contributed by atoms with Gasteiger partial charge in [0.25, 0.3) is 0 Å². The maximum absolute atomic E-state index is 9.30. The normalized spacial score (nSPS) is 34.0. The van der Waals surface area contributed by atoms with Gasteiger partial charge in [-0.25, -0.2) is 0 Å². The van der Waals surface area contributed by atoms with E-state index in [0.717, 1.165) is 25.4 Å². The summed E-state index contributed by atoms with van der Waals surface area (Å²) in [4.78, 5) is 4.74. The van der Waals surface area contributed by atoms with Gasteiger partial charge in [0.05, 0.1) is 6.10 Å². The first-order valence-electron chi connectivity index (χ1n) is 4.83. The lowest BCUT2D eigenvalue weighted by atomic mass is 10.0. The minimum absolute atomic E-state index is 0.0530. The minimum atomic E-state index is -0.0530. The Balaban J connectivity index is 1.67. The molecule has 0 spiro atoms. The van der Waals surface area contributed by atoms with E-state index in [-0.39, 0.29) is 6.10 Å². The molecule has 3 heteroatoms. The van der Waals surface area contributed by atoms with Gasteiger partial charge >= 0.3 is 0 Å². The van der Waals surface area contributed by atoms with Gasteiger partial charge in [-0.15, -0.1) is 0 Å². The Hall–Kier alpha value is -0.120. The van der Waals surface area contributed by atoms with Crippen molar-refractivity contribution in [1.29, 1.82) is 0 Å². The molecule has 0 radical (unpaired) electrons. The summed E-state index contributed by atoms with van der Waals surface area (Å²) in [5, 5.41) is 9.30. The van der Waals surface area contributed by atoms with Crippen molar-refractivity contribution in [3.05, 3.63) is 0 Å². The van der Waals surface area contributed by atoms with E-state index in [9.17, 15) is 5.11 Å². The molecular weight excluding hydrogens is 152 g/mol. The molecule has 2 saturated heterocycles. The van der Waals surface area contributed by atoms with Crippen LogP contribution in [0.1, 0.15) is 6.42 Å². The first-order valence-corrected chi connectivity index (χ1v) is 4.83. The van der Waals surface area contributed by atoms with Crippen molar-refractivity contribution in [2.45, 2.75) is 12.5 Å². The number of nitrogens with zero attached hydrogens (tertiary/aromatic N) is 2. The minimum Gasteiger partial charge on any atom is -0.392 e. The number of β-amino-alcohol motifs (C(OH)–C–C–N with tert-alkyl or cyclic N) is 1. The second-order valence-electron chi connectivity index (χ2n) is 4.29. The van der Waals surface area contributed by atoms with Crippen LogP contribution in [0.15, 0.2) is 0 Å². The van der Waals surface area contributed by atoms with E-state index in [1.54, 1.807) is 0 Å². The molecule has 0 aromatic rings. The predicted molar refractivity (Wildman–Crippen MR) is 48.1 cm³/mol. The Morgan fingerprint density at radius 2 is 2.08 bits per heavy atom. The molecule has 12 heavy (non-hydrogen) atoms. The molecule has 0 aliphatic carbocycles. The molecule has 2 fully saturated rings.